The van der Waals surface area contributed by atoms with Crippen LogP contribution in [0.25, 0.3) is 0 Å². The Bertz CT molecular complexity index is 512. The van der Waals surface area contributed by atoms with Crippen LogP contribution in [0, 0.1) is 0 Å². The molecule has 1 aliphatic rings. The molecule has 116 valence electrons. The molecule has 6 nitrogen and oxygen atoms in total. The molecule has 0 saturated carbocycles. The molecule has 1 unspecified atom stereocenters. The monoisotopic (exact) mass is 313 g/mol. The lowest BCUT2D eigenvalue weighted by molar-refractivity contribution is -0.0133. The molecule has 1 aromatic rings. The van der Waals surface area contributed by atoms with E-state index in [4.69, 9.17) is 21.1 Å². The lowest BCUT2D eigenvalue weighted by atomic mass is 10.2. The van der Waals surface area contributed by atoms with Crippen molar-refractivity contribution < 1.29 is 14.3 Å². The van der Waals surface area contributed by atoms with Gasteiger partial charge >= 0.3 is 5.97 Å². The fraction of sp³-hybridized carbons (Fsp3) is 0.571. The summed E-state index contributed by atoms with van der Waals surface area (Å²) in [5, 5.41) is 3.52. The van der Waals surface area contributed by atoms with Crippen LogP contribution in [0.5, 0.6) is 0 Å². The first-order valence-electron chi connectivity index (χ1n) is 6.87. The third-order valence-electron chi connectivity index (χ3n) is 3.58. The number of rotatable bonds is 4. The lowest BCUT2D eigenvalue weighted by Gasteiger charge is -2.38. The van der Waals surface area contributed by atoms with Gasteiger partial charge in [-0.2, -0.15) is 0 Å². The Labute approximate surface area is 129 Å². The quantitative estimate of drug-likeness (QED) is 0.677. The van der Waals surface area contributed by atoms with Crippen LogP contribution in [0.2, 0.25) is 5.15 Å². The Kier molecular flexibility index (Phi) is 5.39. The van der Waals surface area contributed by atoms with Gasteiger partial charge in [0.15, 0.2) is 5.15 Å². The fourth-order valence-corrected chi connectivity index (χ4v) is 2.67. The number of morpholine rings is 1. The minimum atomic E-state index is -0.441. The largest absolute Gasteiger partial charge is 0.465 e. The highest BCUT2D eigenvalue weighted by molar-refractivity contribution is 6.32. The number of hydrogen-bond acceptors (Lipinski definition) is 6. The molecule has 0 spiro atoms. The Morgan fingerprint density at radius 2 is 2.43 bits per heavy atom. The van der Waals surface area contributed by atoms with Crippen molar-refractivity contribution in [2.24, 2.45) is 0 Å². The van der Waals surface area contributed by atoms with Gasteiger partial charge < -0.3 is 14.8 Å². The molecule has 21 heavy (non-hydrogen) atoms. The molecule has 1 fully saturated rings. The van der Waals surface area contributed by atoms with Crippen LogP contribution >= 0.6 is 11.6 Å². The molecular weight excluding hydrogens is 294 g/mol. The van der Waals surface area contributed by atoms with Gasteiger partial charge in [-0.05, 0) is 19.9 Å². The van der Waals surface area contributed by atoms with Crippen LogP contribution in [-0.4, -0.2) is 54.9 Å². The molecule has 0 amide bonds. The first-order valence-corrected chi connectivity index (χ1v) is 7.25. The average Bonchev–Trinajstić information content (AvgIpc) is 2.48. The number of nitrogens with zero attached hydrogens (tertiary/aromatic N) is 2. The topological polar surface area (TPSA) is 63.7 Å². The highest BCUT2D eigenvalue weighted by atomic mass is 35.5. The predicted octanol–water partition coefficient (Wildman–Crippen LogP) is 2.00. The van der Waals surface area contributed by atoms with Crippen molar-refractivity contribution in [3.8, 4) is 0 Å². The van der Waals surface area contributed by atoms with Crippen molar-refractivity contribution >= 4 is 23.3 Å². The van der Waals surface area contributed by atoms with Gasteiger partial charge in [-0.15, -0.1) is 0 Å². The Morgan fingerprint density at radius 3 is 3.10 bits per heavy atom. The van der Waals surface area contributed by atoms with Gasteiger partial charge in [-0.25, -0.2) is 9.78 Å². The standard InChI is InChI=1S/C14H20ClN3O3/c1-9-8-21-7-6-18(9)10(2)17-12-11(14(19)20-3)4-5-16-13(12)15/h4-5,9-10,17H,6-8H2,1-3H3/t9-,10?/m0/s1. The number of nitrogens with one attached hydrogen (secondary N) is 1. The van der Waals surface area contributed by atoms with Crippen LogP contribution in [0.3, 0.4) is 0 Å². The average molecular weight is 314 g/mol. The van der Waals surface area contributed by atoms with E-state index < -0.39 is 5.97 Å². The summed E-state index contributed by atoms with van der Waals surface area (Å²) in [7, 11) is 1.34. The van der Waals surface area contributed by atoms with Crippen LogP contribution in [-0.2, 0) is 9.47 Å². The second-order valence-electron chi connectivity index (χ2n) is 5.00. The lowest BCUT2D eigenvalue weighted by Crippen LogP contribution is -2.51. The minimum absolute atomic E-state index is 0.00555. The van der Waals surface area contributed by atoms with E-state index in [1.165, 1.54) is 13.3 Å². The zero-order valence-electron chi connectivity index (χ0n) is 12.4. The summed E-state index contributed by atoms with van der Waals surface area (Å²) >= 11 is 6.13. The molecule has 1 N–H and O–H groups in total. The molecule has 2 heterocycles. The smallest absolute Gasteiger partial charge is 0.340 e. The number of halogens is 1. The Morgan fingerprint density at radius 1 is 1.67 bits per heavy atom. The Hall–Kier alpha value is -1.37. The zero-order valence-corrected chi connectivity index (χ0v) is 13.2. The van der Waals surface area contributed by atoms with Gasteiger partial charge in [-0.1, -0.05) is 11.6 Å². The van der Waals surface area contributed by atoms with Gasteiger partial charge in [0.25, 0.3) is 0 Å². The van der Waals surface area contributed by atoms with Gasteiger partial charge in [0, 0.05) is 18.8 Å². The molecule has 2 atom stereocenters. The molecule has 0 radical (unpaired) electrons. The minimum Gasteiger partial charge on any atom is -0.465 e. The number of aromatic nitrogens is 1. The maximum Gasteiger partial charge on any atom is 0.340 e. The normalized spacial score (nSPS) is 20.9. The van der Waals surface area contributed by atoms with Gasteiger partial charge in [-0.3, -0.25) is 4.90 Å². The second kappa shape index (κ2) is 7.06. The summed E-state index contributed by atoms with van der Waals surface area (Å²) in [6, 6.07) is 1.88. The van der Waals surface area contributed by atoms with E-state index in [0.29, 0.717) is 30.5 Å². The molecular formula is C14H20ClN3O3. The van der Waals surface area contributed by atoms with Crippen molar-refractivity contribution in [1.82, 2.24) is 9.88 Å². The van der Waals surface area contributed by atoms with Crippen molar-refractivity contribution in [3.63, 3.8) is 0 Å². The molecule has 0 bridgehead atoms. The van der Waals surface area contributed by atoms with E-state index in [-0.39, 0.29) is 11.3 Å². The van der Waals surface area contributed by atoms with Gasteiger partial charge in [0.2, 0.25) is 0 Å². The summed E-state index contributed by atoms with van der Waals surface area (Å²) in [5.74, 6) is -0.441. The highest BCUT2D eigenvalue weighted by Crippen LogP contribution is 2.26. The van der Waals surface area contributed by atoms with E-state index >= 15 is 0 Å². The number of hydrogen-bond donors (Lipinski definition) is 1. The van der Waals surface area contributed by atoms with Crippen LogP contribution < -0.4 is 5.32 Å². The maximum atomic E-state index is 11.8. The van der Waals surface area contributed by atoms with Crippen LogP contribution in [0.4, 0.5) is 5.69 Å². The van der Waals surface area contributed by atoms with E-state index in [1.54, 1.807) is 6.07 Å². The SMILES string of the molecule is COC(=O)c1ccnc(Cl)c1NC(C)N1CCOC[C@@H]1C. The molecule has 0 aliphatic carbocycles. The van der Waals surface area contributed by atoms with Crippen molar-refractivity contribution in [1.29, 1.82) is 0 Å². The summed E-state index contributed by atoms with van der Waals surface area (Å²) in [4.78, 5) is 18.1. The molecule has 0 aromatic carbocycles. The number of pyridine rings is 1. The first kappa shape index (κ1) is 16.0. The summed E-state index contributed by atoms with van der Waals surface area (Å²) in [5.41, 5.74) is 0.877. The third-order valence-corrected chi connectivity index (χ3v) is 3.87. The van der Waals surface area contributed by atoms with E-state index in [9.17, 15) is 4.79 Å². The number of esters is 1. The van der Waals surface area contributed by atoms with Crippen molar-refractivity contribution in [3.05, 3.63) is 23.0 Å². The molecule has 1 aliphatic heterocycles. The fourth-order valence-electron chi connectivity index (χ4n) is 2.46. The maximum absolute atomic E-state index is 11.8. The predicted molar refractivity (Wildman–Crippen MR) is 80.7 cm³/mol. The summed E-state index contributed by atoms with van der Waals surface area (Å²) in [6.07, 6.45) is 1.48. The van der Waals surface area contributed by atoms with Gasteiger partial charge in [0.05, 0.1) is 37.7 Å². The Balaban J connectivity index is 2.20. The molecule has 7 heteroatoms. The van der Waals surface area contributed by atoms with E-state index in [2.05, 4.69) is 22.1 Å². The number of anilines is 1. The number of ether oxygens (including phenoxy) is 2. The molecule has 1 saturated heterocycles. The highest BCUT2D eigenvalue weighted by Gasteiger charge is 2.25. The summed E-state index contributed by atoms with van der Waals surface area (Å²) in [6.45, 7) is 6.33. The third kappa shape index (κ3) is 3.64. The number of methoxy groups -OCH3 is 1. The van der Waals surface area contributed by atoms with E-state index in [1.807, 2.05) is 6.92 Å². The number of carbonyl (C=O) groups is 1. The van der Waals surface area contributed by atoms with E-state index in [0.717, 1.165) is 6.54 Å². The molecule has 1 aromatic heterocycles. The summed E-state index contributed by atoms with van der Waals surface area (Å²) < 4.78 is 10.2. The number of carbonyl (C=O) groups excluding carboxylic acids is 1. The first-order chi connectivity index (χ1) is 10.0. The zero-order chi connectivity index (χ0) is 15.4. The van der Waals surface area contributed by atoms with Crippen molar-refractivity contribution in [2.75, 3.05) is 32.2 Å². The molecule has 2 rings (SSSR count). The van der Waals surface area contributed by atoms with Gasteiger partial charge in [0.1, 0.15) is 0 Å². The van der Waals surface area contributed by atoms with Crippen LogP contribution in [0.1, 0.15) is 24.2 Å². The second-order valence-corrected chi connectivity index (χ2v) is 5.36. The van der Waals surface area contributed by atoms with Crippen molar-refractivity contribution in [2.45, 2.75) is 26.1 Å². The van der Waals surface area contributed by atoms with Crippen LogP contribution in [0.15, 0.2) is 12.3 Å².